The molecule has 0 radical (unpaired) electrons. The molecule has 0 atom stereocenters. The molecule has 0 saturated heterocycles. The van der Waals surface area contributed by atoms with Crippen molar-refractivity contribution in [2.24, 2.45) is 5.41 Å². The zero-order valence-electron chi connectivity index (χ0n) is 9.52. The van der Waals surface area contributed by atoms with E-state index in [9.17, 15) is 4.79 Å². The monoisotopic (exact) mass is 219 g/mol. The van der Waals surface area contributed by atoms with Gasteiger partial charge in [0.1, 0.15) is 0 Å². The first-order chi connectivity index (χ1) is 7.61. The van der Waals surface area contributed by atoms with Gasteiger partial charge in [0.15, 0.2) is 0 Å². The minimum absolute atomic E-state index is 0.0242. The number of hydrogen-bond acceptors (Lipinski definition) is 2. The van der Waals surface area contributed by atoms with Crippen LogP contribution in [0.4, 0.5) is 5.69 Å². The Hall–Kier alpha value is -1.51. The summed E-state index contributed by atoms with van der Waals surface area (Å²) in [5, 5.41) is 8.85. The van der Waals surface area contributed by atoms with E-state index in [1.807, 2.05) is 25.2 Å². The Bertz CT molecular complexity index is 371. The molecule has 1 N–H and O–H groups in total. The van der Waals surface area contributed by atoms with Crippen LogP contribution >= 0.6 is 0 Å². The van der Waals surface area contributed by atoms with Gasteiger partial charge in [-0.05, 0) is 30.4 Å². The number of carboxylic acids is 1. The van der Waals surface area contributed by atoms with Crippen LogP contribution in [-0.4, -0.2) is 24.7 Å². The zero-order valence-corrected chi connectivity index (χ0v) is 9.52. The van der Waals surface area contributed by atoms with Crippen LogP contribution in [0.2, 0.25) is 0 Å². The average Bonchev–Trinajstić information content (AvgIpc) is 2.98. The van der Waals surface area contributed by atoms with Gasteiger partial charge in [0, 0.05) is 19.3 Å². The first-order valence-electron chi connectivity index (χ1n) is 5.59. The standard InChI is InChI=1S/C13H17NO2/c1-14(11-5-3-2-4-6-11)10-13(7-8-13)9-12(15)16/h2-6H,7-10H2,1H3,(H,15,16). The predicted octanol–water partition coefficient (Wildman–Crippen LogP) is 2.38. The van der Waals surface area contributed by atoms with Gasteiger partial charge >= 0.3 is 5.97 Å². The highest BCUT2D eigenvalue weighted by molar-refractivity contribution is 5.68. The third-order valence-electron chi connectivity index (χ3n) is 3.25. The van der Waals surface area contributed by atoms with Crippen LogP contribution in [0, 0.1) is 5.41 Å². The summed E-state index contributed by atoms with van der Waals surface area (Å²) in [6.45, 7) is 0.837. The maximum Gasteiger partial charge on any atom is 0.303 e. The van der Waals surface area contributed by atoms with Crippen LogP contribution in [0.5, 0.6) is 0 Å². The normalized spacial score (nSPS) is 16.8. The molecule has 0 unspecified atom stereocenters. The SMILES string of the molecule is CN(CC1(CC(=O)O)CC1)c1ccccc1. The molecule has 0 bridgehead atoms. The number of carboxylic acid groups (broad SMARTS) is 1. The largest absolute Gasteiger partial charge is 0.481 e. The van der Waals surface area contributed by atoms with Crippen molar-refractivity contribution in [3.05, 3.63) is 30.3 Å². The van der Waals surface area contributed by atoms with E-state index >= 15 is 0 Å². The average molecular weight is 219 g/mol. The Morgan fingerprint density at radius 2 is 2.00 bits per heavy atom. The van der Waals surface area contributed by atoms with Crippen LogP contribution in [0.15, 0.2) is 30.3 Å². The van der Waals surface area contributed by atoms with E-state index < -0.39 is 5.97 Å². The fraction of sp³-hybridized carbons (Fsp3) is 0.462. The summed E-state index contributed by atoms with van der Waals surface area (Å²) >= 11 is 0. The van der Waals surface area contributed by atoms with Crippen LogP contribution in [0.3, 0.4) is 0 Å². The molecule has 0 amide bonds. The van der Waals surface area contributed by atoms with Crippen molar-refractivity contribution in [1.82, 2.24) is 0 Å². The summed E-state index contributed by atoms with van der Waals surface area (Å²) in [5.41, 5.74) is 1.18. The Balaban J connectivity index is 1.98. The molecule has 16 heavy (non-hydrogen) atoms. The van der Waals surface area contributed by atoms with Gasteiger partial charge in [-0.1, -0.05) is 18.2 Å². The molecular formula is C13H17NO2. The smallest absolute Gasteiger partial charge is 0.303 e. The van der Waals surface area contributed by atoms with E-state index in [2.05, 4.69) is 17.0 Å². The van der Waals surface area contributed by atoms with E-state index in [4.69, 9.17) is 5.11 Å². The molecule has 1 fully saturated rings. The van der Waals surface area contributed by atoms with Gasteiger partial charge in [-0.2, -0.15) is 0 Å². The maximum absolute atomic E-state index is 10.8. The van der Waals surface area contributed by atoms with E-state index in [-0.39, 0.29) is 5.41 Å². The second kappa shape index (κ2) is 4.16. The van der Waals surface area contributed by atoms with Gasteiger partial charge in [-0.25, -0.2) is 0 Å². The van der Waals surface area contributed by atoms with Gasteiger partial charge in [0.2, 0.25) is 0 Å². The summed E-state index contributed by atoms with van der Waals surface area (Å²) < 4.78 is 0. The molecule has 86 valence electrons. The third-order valence-corrected chi connectivity index (χ3v) is 3.25. The fourth-order valence-corrected chi connectivity index (χ4v) is 2.17. The van der Waals surface area contributed by atoms with E-state index in [1.54, 1.807) is 0 Å². The lowest BCUT2D eigenvalue weighted by atomic mass is 10.0. The summed E-state index contributed by atoms with van der Waals surface area (Å²) in [6, 6.07) is 10.1. The number of para-hydroxylation sites is 1. The highest BCUT2D eigenvalue weighted by atomic mass is 16.4. The fourth-order valence-electron chi connectivity index (χ4n) is 2.17. The highest BCUT2D eigenvalue weighted by Gasteiger charge is 2.45. The van der Waals surface area contributed by atoms with E-state index in [0.717, 1.165) is 25.1 Å². The van der Waals surface area contributed by atoms with Crippen molar-refractivity contribution in [3.63, 3.8) is 0 Å². The second-order valence-corrected chi connectivity index (χ2v) is 4.76. The summed E-state index contributed by atoms with van der Waals surface area (Å²) in [6.07, 6.45) is 2.37. The second-order valence-electron chi connectivity index (χ2n) is 4.76. The highest BCUT2D eigenvalue weighted by Crippen LogP contribution is 2.49. The summed E-state index contributed by atoms with van der Waals surface area (Å²) in [7, 11) is 2.03. The Labute approximate surface area is 95.7 Å². The quantitative estimate of drug-likeness (QED) is 0.826. The number of rotatable bonds is 5. The van der Waals surface area contributed by atoms with Crippen molar-refractivity contribution >= 4 is 11.7 Å². The van der Waals surface area contributed by atoms with Gasteiger partial charge < -0.3 is 10.0 Å². The topological polar surface area (TPSA) is 40.5 Å². The number of nitrogens with zero attached hydrogens (tertiary/aromatic N) is 1. The predicted molar refractivity (Wildman–Crippen MR) is 63.6 cm³/mol. The molecule has 3 nitrogen and oxygen atoms in total. The molecule has 3 heteroatoms. The molecule has 0 spiro atoms. The lowest BCUT2D eigenvalue weighted by Crippen LogP contribution is -2.28. The number of benzene rings is 1. The van der Waals surface area contributed by atoms with Crippen LogP contribution in [0.1, 0.15) is 19.3 Å². The Morgan fingerprint density at radius 1 is 1.38 bits per heavy atom. The van der Waals surface area contributed by atoms with Gasteiger partial charge in [-0.3, -0.25) is 4.79 Å². The molecule has 1 aromatic rings. The first-order valence-corrected chi connectivity index (χ1v) is 5.59. The number of anilines is 1. The minimum atomic E-state index is -0.682. The number of carbonyl (C=O) groups is 1. The van der Waals surface area contributed by atoms with E-state index in [1.165, 1.54) is 0 Å². The van der Waals surface area contributed by atoms with Crippen LogP contribution < -0.4 is 4.90 Å². The first kappa shape index (κ1) is 11.0. The molecule has 0 aromatic heterocycles. The molecule has 1 aromatic carbocycles. The summed E-state index contributed by atoms with van der Waals surface area (Å²) in [4.78, 5) is 12.9. The third kappa shape index (κ3) is 2.54. The molecule has 0 aliphatic heterocycles. The Morgan fingerprint density at radius 3 is 2.50 bits per heavy atom. The molecule has 0 heterocycles. The zero-order chi connectivity index (χ0) is 11.6. The molecule has 2 rings (SSSR count). The van der Waals surface area contributed by atoms with Gasteiger partial charge in [-0.15, -0.1) is 0 Å². The molecule has 1 aliphatic rings. The minimum Gasteiger partial charge on any atom is -0.481 e. The molecule has 1 aliphatic carbocycles. The van der Waals surface area contributed by atoms with Crippen LogP contribution in [-0.2, 0) is 4.79 Å². The van der Waals surface area contributed by atoms with Crippen molar-refractivity contribution in [1.29, 1.82) is 0 Å². The maximum atomic E-state index is 10.8. The van der Waals surface area contributed by atoms with Crippen molar-refractivity contribution in [2.75, 3.05) is 18.5 Å². The van der Waals surface area contributed by atoms with Gasteiger partial charge in [0.05, 0.1) is 6.42 Å². The van der Waals surface area contributed by atoms with Crippen LogP contribution in [0.25, 0.3) is 0 Å². The number of hydrogen-bond donors (Lipinski definition) is 1. The lowest BCUT2D eigenvalue weighted by Gasteiger charge is -2.24. The van der Waals surface area contributed by atoms with Crippen molar-refractivity contribution in [3.8, 4) is 0 Å². The summed E-state index contributed by atoms with van der Waals surface area (Å²) in [5.74, 6) is -0.682. The Kier molecular flexibility index (Phi) is 2.86. The lowest BCUT2D eigenvalue weighted by molar-refractivity contribution is -0.138. The number of aliphatic carboxylic acids is 1. The molecule has 1 saturated carbocycles. The van der Waals surface area contributed by atoms with Gasteiger partial charge in [0.25, 0.3) is 0 Å². The van der Waals surface area contributed by atoms with Crippen molar-refractivity contribution < 1.29 is 9.90 Å². The van der Waals surface area contributed by atoms with Crippen molar-refractivity contribution in [2.45, 2.75) is 19.3 Å². The molecular weight excluding hydrogens is 202 g/mol. The van der Waals surface area contributed by atoms with E-state index in [0.29, 0.717) is 6.42 Å².